The van der Waals surface area contributed by atoms with Gasteiger partial charge in [-0.3, -0.25) is 9.69 Å². The first-order valence-electron chi connectivity index (χ1n) is 11.4. The van der Waals surface area contributed by atoms with Crippen molar-refractivity contribution in [1.82, 2.24) is 14.7 Å². The van der Waals surface area contributed by atoms with Crippen molar-refractivity contribution in [3.05, 3.63) is 71.8 Å². The SMILES string of the molecule is CC(c1ccccc1)N(C)C(=O)CN(C)CC1CCN(CC(O)c2ccccc2)CC1. The molecule has 0 radical (unpaired) electrons. The molecular weight excluding hydrogens is 386 g/mol. The fourth-order valence-corrected chi connectivity index (χ4v) is 4.40. The highest BCUT2D eigenvalue weighted by molar-refractivity contribution is 5.78. The van der Waals surface area contributed by atoms with Crippen LogP contribution in [0, 0.1) is 5.92 Å². The van der Waals surface area contributed by atoms with E-state index in [1.54, 1.807) is 0 Å². The van der Waals surface area contributed by atoms with Crippen LogP contribution >= 0.6 is 0 Å². The number of piperidine rings is 1. The van der Waals surface area contributed by atoms with E-state index in [1.807, 2.05) is 67.5 Å². The van der Waals surface area contributed by atoms with Crippen molar-refractivity contribution in [3.8, 4) is 0 Å². The largest absolute Gasteiger partial charge is 0.387 e. The fraction of sp³-hybridized carbons (Fsp3) is 0.500. The molecule has 1 N–H and O–H groups in total. The van der Waals surface area contributed by atoms with Gasteiger partial charge in [-0.15, -0.1) is 0 Å². The molecule has 2 aromatic carbocycles. The molecule has 1 heterocycles. The number of amides is 1. The van der Waals surface area contributed by atoms with Crippen LogP contribution in [0.25, 0.3) is 0 Å². The second kappa shape index (κ2) is 11.4. The van der Waals surface area contributed by atoms with Gasteiger partial charge < -0.3 is 14.9 Å². The van der Waals surface area contributed by atoms with Gasteiger partial charge in [-0.1, -0.05) is 60.7 Å². The first-order chi connectivity index (χ1) is 14.9. The molecule has 0 bridgehead atoms. The molecular formula is C26H37N3O2. The van der Waals surface area contributed by atoms with Crippen molar-refractivity contribution >= 4 is 5.91 Å². The van der Waals surface area contributed by atoms with E-state index in [9.17, 15) is 9.90 Å². The van der Waals surface area contributed by atoms with E-state index in [0.717, 1.165) is 43.6 Å². The lowest BCUT2D eigenvalue weighted by Crippen LogP contribution is -2.42. The van der Waals surface area contributed by atoms with Crippen molar-refractivity contribution in [3.63, 3.8) is 0 Å². The van der Waals surface area contributed by atoms with E-state index in [1.165, 1.54) is 0 Å². The fourth-order valence-electron chi connectivity index (χ4n) is 4.40. The van der Waals surface area contributed by atoms with Gasteiger partial charge in [0, 0.05) is 20.1 Å². The van der Waals surface area contributed by atoms with E-state index in [2.05, 4.69) is 28.9 Å². The van der Waals surface area contributed by atoms with Gasteiger partial charge in [0.05, 0.1) is 18.7 Å². The smallest absolute Gasteiger partial charge is 0.236 e. The zero-order chi connectivity index (χ0) is 22.2. The molecule has 31 heavy (non-hydrogen) atoms. The van der Waals surface area contributed by atoms with Gasteiger partial charge in [0.15, 0.2) is 0 Å². The maximum Gasteiger partial charge on any atom is 0.236 e. The Balaban J connectivity index is 1.39. The number of aliphatic hydroxyl groups excluding tert-OH is 1. The van der Waals surface area contributed by atoms with Crippen molar-refractivity contribution < 1.29 is 9.90 Å². The summed E-state index contributed by atoms with van der Waals surface area (Å²) < 4.78 is 0. The summed E-state index contributed by atoms with van der Waals surface area (Å²) in [6.07, 6.45) is 1.78. The summed E-state index contributed by atoms with van der Waals surface area (Å²) in [6, 6.07) is 20.1. The van der Waals surface area contributed by atoms with Gasteiger partial charge in [-0.2, -0.15) is 0 Å². The second-order valence-electron chi connectivity index (χ2n) is 8.96. The minimum atomic E-state index is -0.430. The molecule has 0 aliphatic carbocycles. The Morgan fingerprint density at radius 2 is 1.55 bits per heavy atom. The van der Waals surface area contributed by atoms with Crippen LogP contribution in [0.1, 0.15) is 43.0 Å². The van der Waals surface area contributed by atoms with Crippen molar-refractivity contribution in [2.24, 2.45) is 5.92 Å². The molecule has 1 fully saturated rings. The van der Waals surface area contributed by atoms with E-state index < -0.39 is 6.10 Å². The lowest BCUT2D eigenvalue weighted by Gasteiger charge is -2.35. The summed E-state index contributed by atoms with van der Waals surface area (Å²) in [6.45, 7) is 6.15. The van der Waals surface area contributed by atoms with Crippen LogP contribution in [-0.4, -0.2) is 72.5 Å². The average Bonchev–Trinajstić information content (AvgIpc) is 2.80. The maximum atomic E-state index is 12.8. The number of nitrogens with zero attached hydrogens (tertiary/aromatic N) is 3. The normalized spacial score (nSPS) is 17.5. The highest BCUT2D eigenvalue weighted by atomic mass is 16.3. The summed E-state index contributed by atoms with van der Waals surface area (Å²) in [7, 11) is 3.94. The molecule has 0 spiro atoms. The molecule has 1 amide bonds. The third-order valence-electron chi connectivity index (χ3n) is 6.55. The molecule has 2 unspecified atom stereocenters. The van der Waals surface area contributed by atoms with Crippen LogP contribution in [-0.2, 0) is 4.79 Å². The number of β-amino-alcohol motifs (C(OH)–C–C–N with tert-alkyl or cyclic N) is 1. The van der Waals surface area contributed by atoms with Crippen LogP contribution < -0.4 is 0 Å². The highest BCUT2D eigenvalue weighted by Gasteiger charge is 2.24. The Hall–Kier alpha value is -2.21. The number of likely N-dealkylation sites (N-methyl/N-ethyl adjacent to an activating group) is 2. The van der Waals surface area contributed by atoms with E-state index in [0.29, 0.717) is 19.0 Å². The van der Waals surface area contributed by atoms with E-state index in [-0.39, 0.29) is 11.9 Å². The zero-order valence-electron chi connectivity index (χ0n) is 19.2. The quantitative estimate of drug-likeness (QED) is 0.670. The number of hydrogen-bond acceptors (Lipinski definition) is 4. The minimum absolute atomic E-state index is 0.0707. The predicted molar refractivity (Wildman–Crippen MR) is 126 cm³/mol. The van der Waals surface area contributed by atoms with Gasteiger partial charge in [-0.05, 0) is 56.9 Å². The predicted octanol–water partition coefficient (Wildman–Crippen LogP) is 3.58. The number of hydrogen-bond donors (Lipinski definition) is 1. The summed E-state index contributed by atoms with van der Waals surface area (Å²) in [5.74, 6) is 0.752. The molecule has 2 aromatic rings. The zero-order valence-corrected chi connectivity index (χ0v) is 19.2. The number of likely N-dealkylation sites (tertiary alicyclic amines) is 1. The monoisotopic (exact) mass is 423 g/mol. The highest BCUT2D eigenvalue weighted by Crippen LogP contribution is 2.22. The van der Waals surface area contributed by atoms with Gasteiger partial charge in [-0.25, -0.2) is 0 Å². The molecule has 1 aliphatic heterocycles. The number of benzene rings is 2. The van der Waals surface area contributed by atoms with Gasteiger partial charge in [0.1, 0.15) is 0 Å². The van der Waals surface area contributed by atoms with Crippen LogP contribution in [0.15, 0.2) is 60.7 Å². The van der Waals surface area contributed by atoms with E-state index in [4.69, 9.17) is 0 Å². The Kier molecular flexibility index (Phi) is 8.64. The Morgan fingerprint density at radius 3 is 2.13 bits per heavy atom. The molecule has 0 aromatic heterocycles. The topological polar surface area (TPSA) is 47.0 Å². The summed E-state index contributed by atoms with van der Waals surface area (Å²) in [4.78, 5) is 19.1. The van der Waals surface area contributed by atoms with Crippen molar-refractivity contribution in [1.29, 1.82) is 0 Å². The Labute approximate surface area is 187 Å². The first-order valence-corrected chi connectivity index (χ1v) is 11.4. The van der Waals surface area contributed by atoms with Crippen LogP contribution in [0.5, 0.6) is 0 Å². The Bertz CT molecular complexity index is 791. The third kappa shape index (κ3) is 6.89. The van der Waals surface area contributed by atoms with Gasteiger partial charge in [0.2, 0.25) is 5.91 Å². The number of rotatable bonds is 9. The molecule has 2 atom stereocenters. The molecule has 3 rings (SSSR count). The number of carbonyl (C=O) groups is 1. The maximum absolute atomic E-state index is 12.8. The molecule has 168 valence electrons. The molecule has 5 heteroatoms. The van der Waals surface area contributed by atoms with Crippen LogP contribution in [0.3, 0.4) is 0 Å². The summed E-state index contributed by atoms with van der Waals surface area (Å²) in [5, 5.41) is 10.5. The standard InChI is InChI=1S/C26H37N3O2/c1-21(23-10-6-4-7-11-23)28(3)26(31)20-27(2)18-22-14-16-29(17-15-22)19-25(30)24-12-8-5-9-13-24/h4-13,21-22,25,30H,14-20H2,1-3H3. The minimum Gasteiger partial charge on any atom is -0.387 e. The molecule has 1 saturated heterocycles. The first kappa shape index (κ1) is 23.5. The summed E-state index contributed by atoms with van der Waals surface area (Å²) >= 11 is 0. The third-order valence-corrected chi connectivity index (χ3v) is 6.55. The lowest BCUT2D eigenvalue weighted by atomic mass is 9.95. The summed E-state index contributed by atoms with van der Waals surface area (Å²) in [5.41, 5.74) is 2.14. The molecule has 0 saturated carbocycles. The molecule has 5 nitrogen and oxygen atoms in total. The van der Waals surface area contributed by atoms with Crippen molar-refractivity contribution in [2.45, 2.75) is 31.9 Å². The van der Waals surface area contributed by atoms with Crippen LogP contribution in [0.2, 0.25) is 0 Å². The van der Waals surface area contributed by atoms with Crippen molar-refractivity contribution in [2.75, 3.05) is 46.8 Å². The van der Waals surface area contributed by atoms with Gasteiger partial charge in [0.25, 0.3) is 0 Å². The molecule has 1 aliphatic rings. The van der Waals surface area contributed by atoms with Gasteiger partial charge >= 0.3 is 0 Å². The Morgan fingerprint density at radius 1 is 1.00 bits per heavy atom. The average molecular weight is 424 g/mol. The number of carbonyl (C=O) groups excluding carboxylic acids is 1. The number of aliphatic hydroxyl groups is 1. The second-order valence-corrected chi connectivity index (χ2v) is 8.96. The van der Waals surface area contributed by atoms with Crippen LogP contribution in [0.4, 0.5) is 0 Å². The lowest BCUT2D eigenvalue weighted by molar-refractivity contribution is -0.132. The van der Waals surface area contributed by atoms with E-state index >= 15 is 0 Å².